The number of carbonyl (C=O) groups excluding carboxylic acids is 1. The van der Waals surface area contributed by atoms with Crippen molar-refractivity contribution in [1.82, 2.24) is 10.5 Å². The number of benzene rings is 3. The number of sulfonamides is 1. The molecule has 2 heterocycles. The Morgan fingerprint density at radius 1 is 0.956 bits per heavy atom. The molecule has 0 aliphatic heterocycles. The molecule has 1 unspecified atom stereocenters. The van der Waals surface area contributed by atoms with Gasteiger partial charge in [0.2, 0.25) is 5.76 Å². The van der Waals surface area contributed by atoms with Gasteiger partial charge in [-0.1, -0.05) is 75.7 Å². The van der Waals surface area contributed by atoms with Crippen molar-refractivity contribution in [3.8, 4) is 21.7 Å². The number of amides is 1. The molecule has 0 aliphatic carbocycles. The molecule has 1 amide bonds. The average molecular weight is 721 g/mol. The van der Waals surface area contributed by atoms with E-state index in [1.807, 2.05) is 42.5 Å². The van der Waals surface area contributed by atoms with Crippen LogP contribution in [0.15, 0.2) is 104 Å². The van der Waals surface area contributed by atoms with Crippen LogP contribution in [0.5, 0.6) is 0 Å². The Bertz CT molecular complexity index is 1960. The van der Waals surface area contributed by atoms with Crippen molar-refractivity contribution < 1.29 is 40.8 Å². The molecule has 0 spiro atoms. The van der Waals surface area contributed by atoms with E-state index < -0.39 is 39.9 Å². The first-order valence-electron chi connectivity index (χ1n) is 12.9. The number of hydrogen-bond acceptors (Lipinski definition) is 7. The Kier molecular flexibility index (Phi) is 9.13. The summed E-state index contributed by atoms with van der Waals surface area (Å²) in [5.74, 6) is -3.47. The minimum absolute atomic E-state index is 0.0404. The van der Waals surface area contributed by atoms with E-state index in [1.165, 1.54) is 30.3 Å². The quantitative estimate of drug-likeness (QED) is 0.140. The van der Waals surface area contributed by atoms with Crippen molar-refractivity contribution in [1.29, 1.82) is 0 Å². The van der Waals surface area contributed by atoms with Gasteiger partial charge in [-0.25, -0.2) is 13.2 Å². The number of rotatable bonds is 10. The maximum atomic E-state index is 13.3. The second-order valence-corrected chi connectivity index (χ2v) is 13.5. The first-order valence-corrected chi connectivity index (χ1v) is 16.0. The fourth-order valence-corrected chi connectivity index (χ4v) is 6.95. The van der Waals surface area contributed by atoms with Crippen LogP contribution in [0, 0.1) is 0 Å². The lowest BCUT2D eigenvalue weighted by Gasteiger charge is -2.17. The van der Waals surface area contributed by atoms with Gasteiger partial charge in [-0.2, -0.15) is 13.2 Å². The summed E-state index contributed by atoms with van der Waals surface area (Å²) >= 11 is 3.88. The Balaban J connectivity index is 1.33. The average Bonchev–Trinajstić information content (AvgIpc) is 3.70. The van der Waals surface area contributed by atoms with Crippen LogP contribution in [0.4, 0.5) is 18.9 Å². The minimum atomic E-state index is -4.76. The highest BCUT2D eigenvalue weighted by molar-refractivity contribution is 9.10. The lowest BCUT2D eigenvalue weighted by Crippen LogP contribution is -2.42. The summed E-state index contributed by atoms with van der Waals surface area (Å²) in [6.07, 6.45) is -4.80. The third kappa shape index (κ3) is 7.61. The minimum Gasteiger partial charge on any atom is -0.480 e. The highest BCUT2D eigenvalue weighted by Crippen LogP contribution is 2.36. The number of carboxylic acid groups (broad SMARTS) is 1. The van der Waals surface area contributed by atoms with E-state index in [0.29, 0.717) is 27.4 Å². The number of hydrogen-bond donors (Lipinski definition) is 3. The normalized spacial score (nSPS) is 12.4. The van der Waals surface area contributed by atoms with E-state index in [1.54, 1.807) is 12.1 Å². The number of carbonyl (C=O) groups is 2. The lowest BCUT2D eigenvalue weighted by atomic mass is 10.0. The fraction of sp³-hybridized carbons (Fsp3) is 0.100. The summed E-state index contributed by atoms with van der Waals surface area (Å²) in [6, 6.07) is 22.7. The molecule has 9 nitrogen and oxygen atoms in total. The Hall–Kier alpha value is -4.47. The van der Waals surface area contributed by atoms with E-state index >= 15 is 0 Å². The molecular weight excluding hydrogens is 699 g/mol. The standard InChI is InChI=1S/C30H21BrF3N3O6S2/c31-20-10-11-22(37-45(41,42)27-13-12-25(44-27)23-16-26(43-36-23)30(32,33)34)21(15-20)28(38)35-24(29(39)40)14-17-6-8-19(9-7-17)18-4-2-1-3-5-18/h1-13,15-16,24,37H,14H2,(H,35,38)(H,39,40). The Labute approximate surface area is 266 Å². The number of carboxylic acids is 1. The van der Waals surface area contributed by atoms with Gasteiger partial charge in [0.25, 0.3) is 15.9 Å². The molecule has 5 rings (SSSR count). The van der Waals surface area contributed by atoms with Crippen molar-refractivity contribution in [3.05, 3.63) is 112 Å². The molecule has 3 aromatic carbocycles. The second kappa shape index (κ2) is 12.9. The van der Waals surface area contributed by atoms with Crippen LogP contribution in [0.2, 0.25) is 0 Å². The van der Waals surface area contributed by atoms with Crippen LogP contribution < -0.4 is 10.0 Å². The molecule has 45 heavy (non-hydrogen) atoms. The second-order valence-electron chi connectivity index (χ2n) is 9.62. The van der Waals surface area contributed by atoms with Gasteiger partial charge in [0.15, 0.2) is 0 Å². The van der Waals surface area contributed by atoms with Gasteiger partial charge in [0, 0.05) is 17.0 Å². The molecule has 15 heteroatoms. The number of halogens is 4. The van der Waals surface area contributed by atoms with Crippen molar-refractivity contribution in [2.75, 3.05) is 4.72 Å². The molecule has 0 fully saturated rings. The lowest BCUT2D eigenvalue weighted by molar-refractivity contribution is -0.155. The fourth-order valence-electron chi connectivity index (χ4n) is 4.25. The topological polar surface area (TPSA) is 139 Å². The number of aliphatic carboxylic acids is 1. The molecular formula is C30H21BrF3N3O6S2. The van der Waals surface area contributed by atoms with Gasteiger partial charge < -0.3 is 14.9 Å². The van der Waals surface area contributed by atoms with Gasteiger partial charge in [-0.3, -0.25) is 9.52 Å². The Morgan fingerprint density at radius 2 is 1.64 bits per heavy atom. The molecule has 0 bridgehead atoms. The predicted octanol–water partition coefficient (Wildman–Crippen LogP) is 7.08. The smallest absolute Gasteiger partial charge is 0.452 e. The van der Waals surface area contributed by atoms with Crippen LogP contribution >= 0.6 is 27.3 Å². The molecule has 1 atom stereocenters. The summed E-state index contributed by atoms with van der Waals surface area (Å²) in [5, 5.41) is 15.7. The molecule has 0 radical (unpaired) electrons. The zero-order chi connectivity index (χ0) is 32.4. The number of nitrogens with one attached hydrogen (secondary N) is 2. The third-order valence-corrected chi connectivity index (χ3v) is 9.92. The molecule has 0 aliphatic rings. The third-order valence-electron chi connectivity index (χ3n) is 6.46. The first kappa shape index (κ1) is 31.9. The summed E-state index contributed by atoms with van der Waals surface area (Å²) < 4.78 is 71.8. The summed E-state index contributed by atoms with van der Waals surface area (Å²) in [5.41, 5.74) is 2.06. The number of thiophene rings is 1. The largest absolute Gasteiger partial charge is 0.480 e. The van der Waals surface area contributed by atoms with Crippen LogP contribution in [-0.4, -0.2) is 36.6 Å². The molecule has 2 aromatic heterocycles. The zero-order valence-corrected chi connectivity index (χ0v) is 25.9. The van der Waals surface area contributed by atoms with Crippen LogP contribution in [0.25, 0.3) is 21.7 Å². The molecule has 5 aromatic rings. The van der Waals surface area contributed by atoms with Crippen molar-refractivity contribution in [2.24, 2.45) is 0 Å². The van der Waals surface area contributed by atoms with E-state index in [2.05, 4.69) is 35.6 Å². The monoisotopic (exact) mass is 719 g/mol. The van der Waals surface area contributed by atoms with Crippen LogP contribution in [0.1, 0.15) is 21.7 Å². The van der Waals surface area contributed by atoms with Gasteiger partial charge in [-0.05, 0) is 47.0 Å². The van der Waals surface area contributed by atoms with E-state index in [-0.39, 0.29) is 32.5 Å². The SMILES string of the molecule is O=C(NC(Cc1ccc(-c2ccccc2)cc1)C(=O)O)c1cc(Br)ccc1NS(=O)(=O)c1ccc(-c2cc(C(F)(F)F)on2)s1. The van der Waals surface area contributed by atoms with Gasteiger partial charge >= 0.3 is 12.1 Å². The maximum absolute atomic E-state index is 13.3. The molecule has 232 valence electrons. The molecule has 3 N–H and O–H groups in total. The number of alkyl halides is 3. The summed E-state index contributed by atoms with van der Waals surface area (Å²) in [4.78, 5) is 25.5. The summed E-state index contributed by atoms with van der Waals surface area (Å²) in [6.45, 7) is 0. The number of anilines is 1. The first-order chi connectivity index (χ1) is 21.3. The molecule has 0 saturated heterocycles. The maximum Gasteiger partial charge on any atom is 0.452 e. The van der Waals surface area contributed by atoms with Crippen molar-refractivity contribution in [3.63, 3.8) is 0 Å². The van der Waals surface area contributed by atoms with Gasteiger partial charge in [0.1, 0.15) is 15.9 Å². The number of nitrogens with zero attached hydrogens (tertiary/aromatic N) is 1. The highest BCUT2D eigenvalue weighted by atomic mass is 79.9. The van der Waals surface area contributed by atoms with E-state index in [4.69, 9.17) is 0 Å². The summed E-state index contributed by atoms with van der Waals surface area (Å²) in [7, 11) is -4.34. The predicted molar refractivity (Wildman–Crippen MR) is 164 cm³/mol. The highest BCUT2D eigenvalue weighted by Gasteiger charge is 2.36. The zero-order valence-electron chi connectivity index (χ0n) is 22.7. The Morgan fingerprint density at radius 3 is 2.29 bits per heavy atom. The molecule has 0 saturated carbocycles. The van der Waals surface area contributed by atoms with Gasteiger partial charge in [0.05, 0.1) is 16.1 Å². The van der Waals surface area contributed by atoms with Crippen molar-refractivity contribution in [2.45, 2.75) is 22.8 Å². The van der Waals surface area contributed by atoms with Crippen LogP contribution in [-0.2, 0) is 27.4 Å². The number of aromatic nitrogens is 1. The van der Waals surface area contributed by atoms with Crippen molar-refractivity contribution >= 4 is 54.9 Å². The van der Waals surface area contributed by atoms with Gasteiger partial charge in [-0.15, -0.1) is 11.3 Å². The van der Waals surface area contributed by atoms with E-state index in [9.17, 15) is 36.3 Å². The van der Waals surface area contributed by atoms with Crippen LogP contribution in [0.3, 0.4) is 0 Å². The van der Waals surface area contributed by atoms with E-state index in [0.717, 1.165) is 11.1 Å².